The molecule has 3 rings (SSSR count). The maximum atomic E-state index is 12.6. The molecule has 0 radical (unpaired) electrons. The van der Waals surface area contributed by atoms with Crippen molar-refractivity contribution in [3.63, 3.8) is 0 Å². The summed E-state index contributed by atoms with van der Waals surface area (Å²) in [6, 6.07) is 0.488. The van der Waals surface area contributed by atoms with Gasteiger partial charge in [0.25, 0.3) is 0 Å². The molecule has 9 nitrogen and oxygen atoms in total. The fraction of sp³-hybridized carbons (Fsp3) is 0.588. The molecule has 1 aliphatic rings. The minimum atomic E-state index is -0.00710. The zero-order valence-corrected chi connectivity index (χ0v) is 15.5. The number of hydrogen-bond acceptors (Lipinski definition) is 7. The van der Waals surface area contributed by atoms with E-state index >= 15 is 0 Å². The highest BCUT2D eigenvalue weighted by Crippen LogP contribution is 2.18. The van der Waals surface area contributed by atoms with E-state index in [1.807, 2.05) is 0 Å². The molecule has 0 saturated carbocycles. The van der Waals surface area contributed by atoms with E-state index in [0.717, 1.165) is 25.9 Å². The third kappa shape index (κ3) is 4.61. The minimum absolute atomic E-state index is 0.00710. The normalized spacial score (nSPS) is 21.5. The van der Waals surface area contributed by atoms with Gasteiger partial charge in [-0.15, -0.1) is 0 Å². The number of carbonyl (C=O) groups is 1. The Balaban J connectivity index is 1.55. The zero-order valence-electron chi connectivity index (χ0n) is 15.5. The first kappa shape index (κ1) is 18.4. The number of H-pyrrole nitrogens is 1. The van der Waals surface area contributed by atoms with E-state index in [1.165, 1.54) is 0 Å². The number of likely N-dealkylation sites (N-methyl/N-ethyl adjacent to an activating group) is 2. The van der Waals surface area contributed by atoms with Crippen LogP contribution in [0, 0.1) is 5.92 Å². The Morgan fingerprint density at radius 2 is 2.19 bits per heavy atom. The average molecular weight is 358 g/mol. The monoisotopic (exact) mass is 358 g/mol. The van der Waals surface area contributed by atoms with Gasteiger partial charge in [0.15, 0.2) is 0 Å². The van der Waals surface area contributed by atoms with E-state index in [0.29, 0.717) is 29.9 Å². The molecule has 2 aromatic heterocycles. The molecule has 2 N–H and O–H groups in total. The lowest BCUT2D eigenvalue weighted by atomic mass is 10.0. The maximum absolute atomic E-state index is 12.6. The largest absolute Gasteiger partial charge is 0.349 e. The summed E-state index contributed by atoms with van der Waals surface area (Å²) < 4.78 is 0. The lowest BCUT2D eigenvalue weighted by Crippen LogP contribution is -2.39. The molecular weight excluding hydrogens is 332 g/mol. The topological polar surface area (TPSA) is 103 Å². The molecule has 9 heteroatoms. The van der Waals surface area contributed by atoms with Gasteiger partial charge in [0, 0.05) is 31.5 Å². The van der Waals surface area contributed by atoms with Gasteiger partial charge in [0.1, 0.15) is 11.5 Å². The Bertz CT molecular complexity index is 717. The number of likely N-dealkylation sites (tertiary alicyclic amines) is 1. The minimum Gasteiger partial charge on any atom is -0.349 e. The second kappa shape index (κ2) is 8.33. The molecule has 2 aromatic rings. The van der Waals surface area contributed by atoms with E-state index in [2.05, 4.69) is 61.4 Å². The Morgan fingerprint density at radius 1 is 1.35 bits per heavy atom. The van der Waals surface area contributed by atoms with Crippen LogP contribution in [0.5, 0.6) is 0 Å². The fourth-order valence-electron chi connectivity index (χ4n) is 3.24. The summed E-state index contributed by atoms with van der Waals surface area (Å²) in [5, 5.41) is 9.95. The molecule has 3 heterocycles. The van der Waals surface area contributed by atoms with Crippen molar-refractivity contribution in [1.82, 2.24) is 40.3 Å². The first-order chi connectivity index (χ1) is 12.5. The van der Waals surface area contributed by atoms with Crippen LogP contribution >= 0.6 is 0 Å². The highest BCUT2D eigenvalue weighted by atomic mass is 16.1. The number of aromatic amines is 1. The second-order valence-corrected chi connectivity index (χ2v) is 7.03. The molecule has 0 aliphatic carbocycles. The van der Waals surface area contributed by atoms with Gasteiger partial charge in [-0.3, -0.25) is 14.9 Å². The smallest absolute Gasteiger partial charge is 0.224 e. The number of aromatic nitrogens is 5. The van der Waals surface area contributed by atoms with Crippen molar-refractivity contribution in [3.05, 3.63) is 24.4 Å². The van der Waals surface area contributed by atoms with Crippen LogP contribution in [0.4, 0.5) is 0 Å². The van der Waals surface area contributed by atoms with Crippen LogP contribution in [0.3, 0.4) is 0 Å². The van der Waals surface area contributed by atoms with E-state index in [1.54, 1.807) is 18.6 Å². The Labute approximate surface area is 153 Å². The van der Waals surface area contributed by atoms with E-state index in [-0.39, 0.29) is 11.8 Å². The van der Waals surface area contributed by atoms with E-state index in [9.17, 15) is 4.79 Å². The van der Waals surface area contributed by atoms with Crippen LogP contribution in [0.25, 0.3) is 11.5 Å². The van der Waals surface area contributed by atoms with Crippen LogP contribution in [-0.4, -0.2) is 81.1 Å². The number of carbonyl (C=O) groups excluding carboxylic acids is 1. The lowest BCUT2D eigenvalue weighted by molar-refractivity contribution is -0.125. The first-order valence-corrected chi connectivity index (χ1v) is 8.83. The Hall–Kier alpha value is -2.39. The number of nitrogens with zero attached hydrogens (tertiary/aromatic N) is 6. The number of nitrogens with one attached hydrogen (secondary N) is 2. The number of hydrogen-bond donors (Lipinski definition) is 2. The molecule has 0 spiro atoms. The summed E-state index contributed by atoms with van der Waals surface area (Å²) in [6.07, 6.45) is 6.71. The molecular formula is C17H26N8O. The summed E-state index contributed by atoms with van der Waals surface area (Å²) in [6.45, 7) is 2.08. The van der Waals surface area contributed by atoms with Gasteiger partial charge in [0.2, 0.25) is 11.7 Å². The van der Waals surface area contributed by atoms with Crippen molar-refractivity contribution in [2.45, 2.75) is 25.4 Å². The highest BCUT2D eigenvalue weighted by molar-refractivity contribution is 5.78. The predicted molar refractivity (Wildman–Crippen MR) is 97.0 cm³/mol. The van der Waals surface area contributed by atoms with Gasteiger partial charge < -0.3 is 15.1 Å². The van der Waals surface area contributed by atoms with Gasteiger partial charge in [-0.05, 0) is 34.0 Å². The molecule has 0 aromatic carbocycles. The van der Waals surface area contributed by atoms with Crippen molar-refractivity contribution in [2.24, 2.45) is 5.92 Å². The molecule has 1 aliphatic heterocycles. The molecule has 1 fully saturated rings. The summed E-state index contributed by atoms with van der Waals surface area (Å²) in [5.41, 5.74) is 0.599. The van der Waals surface area contributed by atoms with Crippen LogP contribution in [-0.2, 0) is 11.3 Å². The summed E-state index contributed by atoms with van der Waals surface area (Å²) >= 11 is 0. The van der Waals surface area contributed by atoms with Crippen molar-refractivity contribution >= 4 is 5.91 Å². The van der Waals surface area contributed by atoms with Crippen LogP contribution in [0.1, 0.15) is 18.7 Å². The van der Waals surface area contributed by atoms with Gasteiger partial charge in [-0.1, -0.05) is 0 Å². The fourth-order valence-corrected chi connectivity index (χ4v) is 3.24. The zero-order chi connectivity index (χ0) is 18.5. The maximum Gasteiger partial charge on any atom is 0.224 e. The van der Waals surface area contributed by atoms with Crippen LogP contribution < -0.4 is 5.32 Å². The Kier molecular flexibility index (Phi) is 5.89. The standard InChI is InChI=1S/C17H26N8O/c1-24(2)13-5-4-12(10-25(3)11-13)17(26)20-9-15-21-16(23-22-15)14-8-18-6-7-19-14/h6-8,12-13H,4-5,9-11H2,1-3H3,(H,20,26)(H,21,22,23)/t12-,13+/m1/s1. The SMILES string of the molecule is CN1C[C@H](C(=O)NCc2nc(-c3cnccn3)n[nH]2)CC[C@H](N(C)C)C1. The average Bonchev–Trinajstić information content (AvgIpc) is 3.02. The highest BCUT2D eigenvalue weighted by Gasteiger charge is 2.27. The molecule has 2 atom stereocenters. The van der Waals surface area contributed by atoms with Crippen molar-refractivity contribution in [3.8, 4) is 11.5 Å². The third-order valence-electron chi connectivity index (χ3n) is 4.76. The summed E-state index contributed by atoms with van der Waals surface area (Å²) in [5.74, 6) is 1.14. The van der Waals surface area contributed by atoms with Crippen molar-refractivity contribution in [2.75, 3.05) is 34.2 Å². The van der Waals surface area contributed by atoms with E-state index < -0.39 is 0 Å². The predicted octanol–water partition coefficient (Wildman–Crippen LogP) is 0.150. The van der Waals surface area contributed by atoms with E-state index in [4.69, 9.17) is 0 Å². The van der Waals surface area contributed by atoms with Crippen LogP contribution in [0.15, 0.2) is 18.6 Å². The quantitative estimate of drug-likeness (QED) is 0.784. The van der Waals surface area contributed by atoms with Crippen molar-refractivity contribution in [1.29, 1.82) is 0 Å². The summed E-state index contributed by atoms with van der Waals surface area (Å²) in [4.78, 5) is 29.6. The molecule has 0 bridgehead atoms. The van der Waals surface area contributed by atoms with Gasteiger partial charge in [-0.25, -0.2) is 9.97 Å². The van der Waals surface area contributed by atoms with Crippen LogP contribution in [0.2, 0.25) is 0 Å². The van der Waals surface area contributed by atoms with Gasteiger partial charge in [-0.2, -0.15) is 5.10 Å². The van der Waals surface area contributed by atoms with Gasteiger partial charge >= 0.3 is 0 Å². The molecule has 140 valence electrons. The first-order valence-electron chi connectivity index (χ1n) is 8.83. The third-order valence-corrected chi connectivity index (χ3v) is 4.76. The lowest BCUT2D eigenvalue weighted by Gasteiger charge is -2.25. The molecule has 0 unspecified atom stereocenters. The number of rotatable bonds is 5. The second-order valence-electron chi connectivity index (χ2n) is 7.03. The number of amides is 1. The Morgan fingerprint density at radius 3 is 2.92 bits per heavy atom. The molecule has 1 amide bonds. The molecule has 1 saturated heterocycles. The van der Waals surface area contributed by atoms with Gasteiger partial charge in [0.05, 0.1) is 18.7 Å². The molecule has 26 heavy (non-hydrogen) atoms. The summed E-state index contributed by atoms with van der Waals surface area (Å²) in [7, 11) is 6.26. The van der Waals surface area contributed by atoms with Crippen molar-refractivity contribution < 1.29 is 4.79 Å².